The van der Waals surface area contributed by atoms with Gasteiger partial charge in [0.25, 0.3) is 0 Å². The summed E-state index contributed by atoms with van der Waals surface area (Å²) in [4.78, 5) is 24.3. The second kappa shape index (κ2) is 4.64. The number of urea groups is 1. The average molecular weight is 252 g/mol. The molecular weight excluding hydrogens is 239 g/mol. The standard InChI is InChI=1S/C12H13FN2O3/c1-7-6-15(12(17)14-11(7)16)8-3-4-10(18-2)9(13)5-8/h3-5,7H,6H2,1-2H3,(H,14,16,17). The van der Waals surface area contributed by atoms with Gasteiger partial charge in [-0.05, 0) is 12.1 Å². The summed E-state index contributed by atoms with van der Waals surface area (Å²) in [7, 11) is 1.37. The molecule has 3 amide bonds. The molecule has 1 fully saturated rings. The topological polar surface area (TPSA) is 58.6 Å². The molecule has 18 heavy (non-hydrogen) atoms. The maximum absolute atomic E-state index is 13.6. The molecule has 96 valence electrons. The lowest BCUT2D eigenvalue weighted by Crippen LogP contribution is -2.53. The number of benzene rings is 1. The molecule has 1 unspecified atom stereocenters. The molecule has 0 bridgehead atoms. The van der Waals surface area contributed by atoms with Crippen LogP contribution < -0.4 is 15.0 Å². The van der Waals surface area contributed by atoms with E-state index in [0.29, 0.717) is 5.69 Å². The van der Waals surface area contributed by atoms with E-state index in [1.807, 2.05) is 0 Å². The Morgan fingerprint density at radius 2 is 2.17 bits per heavy atom. The summed E-state index contributed by atoms with van der Waals surface area (Å²) < 4.78 is 18.4. The fraction of sp³-hybridized carbons (Fsp3) is 0.333. The molecule has 2 rings (SSSR count). The van der Waals surface area contributed by atoms with Gasteiger partial charge in [0.15, 0.2) is 11.6 Å². The maximum atomic E-state index is 13.6. The van der Waals surface area contributed by atoms with Crippen LogP contribution in [0.5, 0.6) is 5.75 Å². The van der Waals surface area contributed by atoms with Crippen molar-refractivity contribution in [2.75, 3.05) is 18.6 Å². The highest BCUT2D eigenvalue weighted by atomic mass is 19.1. The highest BCUT2D eigenvalue weighted by Gasteiger charge is 2.30. The third-order valence-corrected chi connectivity index (χ3v) is 2.83. The van der Waals surface area contributed by atoms with E-state index in [9.17, 15) is 14.0 Å². The molecule has 5 nitrogen and oxygen atoms in total. The van der Waals surface area contributed by atoms with E-state index in [1.54, 1.807) is 13.0 Å². The number of amides is 3. The van der Waals surface area contributed by atoms with E-state index < -0.39 is 11.8 Å². The summed E-state index contributed by atoms with van der Waals surface area (Å²) in [5.74, 6) is -1.08. The molecule has 6 heteroatoms. The number of hydrogen-bond acceptors (Lipinski definition) is 3. The number of halogens is 1. The maximum Gasteiger partial charge on any atom is 0.328 e. The van der Waals surface area contributed by atoms with E-state index in [4.69, 9.17) is 4.74 Å². The fourth-order valence-corrected chi connectivity index (χ4v) is 1.78. The SMILES string of the molecule is COc1ccc(N2CC(C)C(=O)NC2=O)cc1F. The first kappa shape index (κ1) is 12.3. The van der Waals surface area contributed by atoms with E-state index in [0.717, 1.165) is 0 Å². The summed E-state index contributed by atoms with van der Waals surface area (Å²) >= 11 is 0. The van der Waals surface area contributed by atoms with Gasteiger partial charge in [0.2, 0.25) is 5.91 Å². The number of rotatable bonds is 2. The van der Waals surface area contributed by atoms with Crippen molar-refractivity contribution < 1.29 is 18.7 Å². The summed E-state index contributed by atoms with van der Waals surface area (Å²) in [5.41, 5.74) is 0.394. The molecule has 0 aromatic heterocycles. The van der Waals surface area contributed by atoms with Crippen LogP contribution in [0.4, 0.5) is 14.9 Å². The van der Waals surface area contributed by atoms with E-state index in [2.05, 4.69) is 5.32 Å². The number of anilines is 1. The van der Waals surface area contributed by atoms with E-state index >= 15 is 0 Å². The first-order valence-electron chi connectivity index (χ1n) is 5.49. The molecule has 0 spiro atoms. The first-order valence-corrected chi connectivity index (χ1v) is 5.49. The van der Waals surface area contributed by atoms with Gasteiger partial charge in [0.05, 0.1) is 13.0 Å². The fourth-order valence-electron chi connectivity index (χ4n) is 1.78. The molecule has 1 N–H and O–H groups in total. The van der Waals surface area contributed by atoms with Crippen LogP contribution in [0.2, 0.25) is 0 Å². The predicted molar refractivity (Wildman–Crippen MR) is 63.0 cm³/mol. The minimum Gasteiger partial charge on any atom is -0.494 e. The zero-order valence-corrected chi connectivity index (χ0v) is 10.1. The molecule has 1 aliphatic heterocycles. The Kier molecular flexibility index (Phi) is 3.18. The minimum absolute atomic E-state index is 0.111. The van der Waals surface area contributed by atoms with Gasteiger partial charge in [-0.15, -0.1) is 0 Å². The van der Waals surface area contributed by atoms with Crippen molar-refractivity contribution in [3.05, 3.63) is 24.0 Å². The lowest BCUT2D eigenvalue weighted by atomic mass is 10.1. The van der Waals surface area contributed by atoms with Gasteiger partial charge in [-0.25, -0.2) is 9.18 Å². The highest BCUT2D eigenvalue weighted by Crippen LogP contribution is 2.25. The van der Waals surface area contributed by atoms with Gasteiger partial charge in [0, 0.05) is 18.3 Å². The molecule has 1 aromatic carbocycles. The molecular formula is C12H13FN2O3. The number of ether oxygens (including phenoxy) is 1. The van der Waals surface area contributed by atoms with Gasteiger partial charge >= 0.3 is 6.03 Å². The van der Waals surface area contributed by atoms with Gasteiger partial charge in [-0.3, -0.25) is 15.0 Å². The third kappa shape index (κ3) is 2.13. The number of methoxy groups -OCH3 is 1. The van der Waals surface area contributed by atoms with Crippen molar-refractivity contribution in [1.82, 2.24) is 5.32 Å². The van der Waals surface area contributed by atoms with Crippen molar-refractivity contribution in [2.45, 2.75) is 6.92 Å². The summed E-state index contributed by atoms with van der Waals surface area (Å²) in [5, 5.41) is 2.22. The molecule has 1 aromatic rings. The lowest BCUT2D eigenvalue weighted by molar-refractivity contribution is -0.123. The van der Waals surface area contributed by atoms with Gasteiger partial charge in [-0.2, -0.15) is 0 Å². The predicted octanol–water partition coefficient (Wildman–Crippen LogP) is 1.53. The van der Waals surface area contributed by atoms with Crippen molar-refractivity contribution in [1.29, 1.82) is 0 Å². The summed E-state index contributed by atoms with van der Waals surface area (Å²) in [6.45, 7) is 1.94. The molecule has 1 saturated heterocycles. The van der Waals surface area contributed by atoms with Crippen LogP contribution in [0.15, 0.2) is 18.2 Å². The van der Waals surface area contributed by atoms with Crippen LogP contribution in [0.1, 0.15) is 6.92 Å². The summed E-state index contributed by atoms with van der Waals surface area (Å²) in [6.07, 6.45) is 0. The van der Waals surface area contributed by atoms with Crippen LogP contribution in [-0.4, -0.2) is 25.6 Å². The second-order valence-electron chi connectivity index (χ2n) is 4.12. The van der Waals surface area contributed by atoms with Crippen LogP contribution in [-0.2, 0) is 4.79 Å². The Bertz CT molecular complexity index is 504. The van der Waals surface area contributed by atoms with Crippen LogP contribution in [0, 0.1) is 11.7 Å². The molecule has 0 saturated carbocycles. The zero-order chi connectivity index (χ0) is 13.3. The largest absolute Gasteiger partial charge is 0.494 e. The number of hydrogen-bond donors (Lipinski definition) is 1. The van der Waals surface area contributed by atoms with Gasteiger partial charge in [-0.1, -0.05) is 6.92 Å². The smallest absolute Gasteiger partial charge is 0.328 e. The van der Waals surface area contributed by atoms with Crippen LogP contribution in [0.25, 0.3) is 0 Å². The van der Waals surface area contributed by atoms with Crippen LogP contribution in [0.3, 0.4) is 0 Å². The first-order chi connectivity index (χ1) is 8.52. The van der Waals surface area contributed by atoms with E-state index in [-0.39, 0.29) is 24.1 Å². The molecule has 1 aliphatic rings. The van der Waals surface area contributed by atoms with Crippen molar-refractivity contribution in [3.8, 4) is 5.75 Å². The molecule has 1 heterocycles. The Balaban J connectivity index is 2.28. The molecule has 0 radical (unpaired) electrons. The Morgan fingerprint density at radius 1 is 1.44 bits per heavy atom. The van der Waals surface area contributed by atoms with Crippen LogP contribution >= 0.6 is 0 Å². The van der Waals surface area contributed by atoms with E-state index in [1.165, 1.54) is 24.1 Å². The number of carbonyl (C=O) groups is 2. The zero-order valence-electron chi connectivity index (χ0n) is 10.1. The monoisotopic (exact) mass is 252 g/mol. The van der Waals surface area contributed by atoms with Gasteiger partial charge in [0.1, 0.15) is 0 Å². The number of imide groups is 1. The average Bonchev–Trinajstić information content (AvgIpc) is 2.33. The summed E-state index contributed by atoms with van der Waals surface area (Å²) in [6, 6.07) is 3.69. The number of carbonyl (C=O) groups excluding carboxylic acids is 2. The minimum atomic E-state index is -0.549. The highest BCUT2D eigenvalue weighted by molar-refractivity contribution is 6.06. The Morgan fingerprint density at radius 3 is 2.78 bits per heavy atom. The number of nitrogens with zero attached hydrogens (tertiary/aromatic N) is 1. The third-order valence-electron chi connectivity index (χ3n) is 2.83. The second-order valence-corrected chi connectivity index (χ2v) is 4.12. The van der Waals surface area contributed by atoms with Crippen molar-refractivity contribution in [2.24, 2.45) is 5.92 Å². The lowest BCUT2D eigenvalue weighted by Gasteiger charge is -2.30. The Labute approximate surface area is 104 Å². The molecule has 1 atom stereocenters. The van der Waals surface area contributed by atoms with Crippen molar-refractivity contribution in [3.63, 3.8) is 0 Å². The van der Waals surface area contributed by atoms with Gasteiger partial charge < -0.3 is 4.74 Å². The quantitative estimate of drug-likeness (QED) is 0.868. The number of nitrogens with one attached hydrogen (secondary N) is 1. The van der Waals surface area contributed by atoms with Crippen molar-refractivity contribution >= 4 is 17.6 Å². The normalized spacial score (nSPS) is 19.7. The molecule has 0 aliphatic carbocycles. The Hall–Kier alpha value is -2.11.